The third kappa shape index (κ3) is 3.10. The molecule has 1 aliphatic rings. The fraction of sp³-hybridized carbons (Fsp3) is 0.333. The second-order valence-corrected chi connectivity index (χ2v) is 7.04. The van der Waals surface area contributed by atoms with Crippen molar-refractivity contribution in [2.24, 2.45) is 0 Å². The molecule has 1 atom stereocenters. The Bertz CT molecular complexity index is 976. The van der Waals surface area contributed by atoms with Crippen molar-refractivity contribution in [2.75, 3.05) is 7.05 Å². The molecular weight excluding hydrogens is 310 g/mol. The van der Waals surface area contributed by atoms with Crippen LogP contribution in [0.1, 0.15) is 41.3 Å². The van der Waals surface area contributed by atoms with Gasteiger partial charge in [0.1, 0.15) is 5.65 Å². The van der Waals surface area contributed by atoms with Crippen LogP contribution in [0.15, 0.2) is 53.5 Å². The summed E-state index contributed by atoms with van der Waals surface area (Å²) in [7, 11) is 2.13. The molecule has 2 heterocycles. The molecular formula is C21H23N3O. The molecule has 4 nitrogen and oxygen atoms in total. The van der Waals surface area contributed by atoms with Crippen LogP contribution < -0.4 is 5.56 Å². The van der Waals surface area contributed by atoms with Gasteiger partial charge in [-0.1, -0.05) is 30.3 Å². The van der Waals surface area contributed by atoms with Crippen molar-refractivity contribution in [1.82, 2.24) is 14.3 Å². The lowest BCUT2D eigenvalue weighted by molar-refractivity contribution is 0.211. The molecule has 0 amide bonds. The van der Waals surface area contributed by atoms with Gasteiger partial charge in [-0.2, -0.15) is 0 Å². The Kier molecular flexibility index (Phi) is 4.14. The average molecular weight is 333 g/mol. The Morgan fingerprint density at radius 3 is 2.96 bits per heavy atom. The van der Waals surface area contributed by atoms with Gasteiger partial charge in [0.25, 0.3) is 5.56 Å². The Morgan fingerprint density at radius 2 is 2.08 bits per heavy atom. The SMILES string of the molecule is Cc1ccc2nc(CN(C)[C@@H]3CCCc4ccccc43)cc(=O)n2c1. The van der Waals surface area contributed by atoms with E-state index in [0.717, 1.165) is 24.1 Å². The molecule has 4 rings (SSSR count). The normalized spacial score (nSPS) is 17.0. The fourth-order valence-corrected chi connectivity index (χ4v) is 3.89. The molecule has 0 aliphatic heterocycles. The second kappa shape index (κ2) is 6.45. The second-order valence-electron chi connectivity index (χ2n) is 7.04. The van der Waals surface area contributed by atoms with Crippen molar-refractivity contribution in [1.29, 1.82) is 0 Å². The van der Waals surface area contributed by atoms with Crippen molar-refractivity contribution in [3.63, 3.8) is 0 Å². The number of hydrogen-bond acceptors (Lipinski definition) is 3. The van der Waals surface area contributed by atoms with Crippen LogP contribution in [0.25, 0.3) is 5.65 Å². The number of aryl methyl sites for hydroxylation is 2. The van der Waals surface area contributed by atoms with Gasteiger partial charge in [0.15, 0.2) is 0 Å². The molecule has 25 heavy (non-hydrogen) atoms. The summed E-state index contributed by atoms with van der Waals surface area (Å²) in [5.41, 5.74) is 5.46. The fourth-order valence-electron chi connectivity index (χ4n) is 3.89. The van der Waals surface area contributed by atoms with Crippen LogP contribution in [0.5, 0.6) is 0 Å². The van der Waals surface area contributed by atoms with Gasteiger partial charge in [0.2, 0.25) is 0 Å². The summed E-state index contributed by atoms with van der Waals surface area (Å²) < 4.78 is 1.62. The quantitative estimate of drug-likeness (QED) is 0.736. The predicted molar refractivity (Wildman–Crippen MR) is 99.8 cm³/mol. The highest BCUT2D eigenvalue weighted by Gasteiger charge is 2.23. The van der Waals surface area contributed by atoms with E-state index in [2.05, 4.69) is 41.2 Å². The highest BCUT2D eigenvalue weighted by molar-refractivity contribution is 5.40. The van der Waals surface area contributed by atoms with Crippen molar-refractivity contribution in [3.05, 3.63) is 81.4 Å². The van der Waals surface area contributed by atoms with Crippen LogP contribution in [-0.4, -0.2) is 21.3 Å². The van der Waals surface area contributed by atoms with Crippen LogP contribution in [0, 0.1) is 6.92 Å². The molecule has 0 fully saturated rings. The monoisotopic (exact) mass is 333 g/mol. The molecule has 1 aromatic carbocycles. The van der Waals surface area contributed by atoms with Crippen LogP contribution in [0.3, 0.4) is 0 Å². The van der Waals surface area contributed by atoms with E-state index in [4.69, 9.17) is 0 Å². The first-order valence-electron chi connectivity index (χ1n) is 8.89. The third-order valence-electron chi connectivity index (χ3n) is 5.14. The van der Waals surface area contributed by atoms with Gasteiger partial charge in [-0.05, 0) is 56.0 Å². The molecule has 1 aliphatic carbocycles. The summed E-state index contributed by atoms with van der Waals surface area (Å²) in [6.07, 6.45) is 5.36. The zero-order valence-electron chi connectivity index (χ0n) is 14.8. The maximum Gasteiger partial charge on any atom is 0.258 e. The first-order chi connectivity index (χ1) is 12.1. The Hall–Kier alpha value is -2.46. The van der Waals surface area contributed by atoms with E-state index >= 15 is 0 Å². The lowest BCUT2D eigenvalue weighted by Crippen LogP contribution is -2.28. The van der Waals surface area contributed by atoms with E-state index in [1.807, 2.05) is 25.3 Å². The van der Waals surface area contributed by atoms with E-state index in [9.17, 15) is 4.79 Å². The smallest absolute Gasteiger partial charge is 0.258 e. The zero-order chi connectivity index (χ0) is 17.4. The first kappa shape index (κ1) is 16.0. The van der Waals surface area contributed by atoms with Crippen LogP contribution >= 0.6 is 0 Å². The number of nitrogens with zero attached hydrogens (tertiary/aromatic N) is 3. The molecule has 0 saturated carbocycles. The van der Waals surface area contributed by atoms with E-state index in [0.29, 0.717) is 18.2 Å². The highest BCUT2D eigenvalue weighted by Crippen LogP contribution is 2.33. The molecule has 0 bridgehead atoms. The summed E-state index contributed by atoms with van der Waals surface area (Å²) in [4.78, 5) is 19.4. The lowest BCUT2D eigenvalue weighted by Gasteiger charge is -2.33. The number of rotatable bonds is 3. The molecule has 0 unspecified atom stereocenters. The largest absolute Gasteiger partial charge is 0.294 e. The van der Waals surface area contributed by atoms with Crippen LogP contribution in [-0.2, 0) is 13.0 Å². The molecule has 3 aromatic rings. The van der Waals surface area contributed by atoms with E-state index in [-0.39, 0.29) is 5.56 Å². The number of hydrogen-bond donors (Lipinski definition) is 0. The highest BCUT2D eigenvalue weighted by atomic mass is 16.1. The van der Waals surface area contributed by atoms with Gasteiger partial charge in [0, 0.05) is 24.8 Å². The number of pyridine rings is 1. The molecule has 128 valence electrons. The van der Waals surface area contributed by atoms with E-state index < -0.39 is 0 Å². The van der Waals surface area contributed by atoms with Crippen LogP contribution in [0.2, 0.25) is 0 Å². The summed E-state index contributed by atoms with van der Waals surface area (Å²) in [5, 5.41) is 0. The van der Waals surface area contributed by atoms with Crippen LogP contribution in [0.4, 0.5) is 0 Å². The molecule has 0 radical (unpaired) electrons. The van der Waals surface area contributed by atoms with Gasteiger partial charge in [0.05, 0.1) is 5.69 Å². The molecule has 0 spiro atoms. The van der Waals surface area contributed by atoms with Crippen molar-refractivity contribution in [2.45, 2.75) is 38.8 Å². The van der Waals surface area contributed by atoms with E-state index in [1.54, 1.807) is 10.5 Å². The number of benzene rings is 1. The molecule has 0 N–H and O–H groups in total. The minimum Gasteiger partial charge on any atom is -0.294 e. The number of aromatic nitrogens is 2. The molecule has 0 saturated heterocycles. The van der Waals surface area contributed by atoms with Crippen molar-refractivity contribution < 1.29 is 0 Å². The number of fused-ring (bicyclic) bond motifs is 2. The third-order valence-corrected chi connectivity index (χ3v) is 5.14. The molecule has 4 heteroatoms. The summed E-state index contributed by atoms with van der Waals surface area (Å²) in [6, 6.07) is 14.7. The van der Waals surface area contributed by atoms with Gasteiger partial charge in [-0.25, -0.2) is 4.98 Å². The maximum atomic E-state index is 12.4. The minimum absolute atomic E-state index is 0.0128. The van der Waals surface area contributed by atoms with Gasteiger partial charge in [-0.3, -0.25) is 14.1 Å². The topological polar surface area (TPSA) is 37.6 Å². The standard InChI is InChI=1S/C21H23N3O/c1-15-10-11-20-22-17(12-21(25)24(20)13-15)14-23(2)19-9-5-7-16-6-3-4-8-18(16)19/h3-4,6,8,10-13,19H,5,7,9,14H2,1-2H3/t19-/m1/s1. The molecule has 2 aromatic heterocycles. The van der Waals surface area contributed by atoms with Gasteiger partial charge < -0.3 is 0 Å². The predicted octanol–water partition coefficient (Wildman–Crippen LogP) is 3.51. The zero-order valence-corrected chi connectivity index (χ0v) is 14.8. The van der Waals surface area contributed by atoms with Crippen molar-refractivity contribution in [3.8, 4) is 0 Å². The summed E-state index contributed by atoms with van der Waals surface area (Å²) in [6.45, 7) is 2.66. The average Bonchev–Trinajstić information content (AvgIpc) is 2.62. The lowest BCUT2D eigenvalue weighted by atomic mass is 9.87. The Balaban J connectivity index is 1.63. The Labute approximate surface area is 147 Å². The Morgan fingerprint density at radius 1 is 1.24 bits per heavy atom. The first-order valence-corrected chi connectivity index (χ1v) is 8.89. The van der Waals surface area contributed by atoms with Gasteiger partial charge >= 0.3 is 0 Å². The van der Waals surface area contributed by atoms with Crippen molar-refractivity contribution >= 4 is 5.65 Å². The van der Waals surface area contributed by atoms with E-state index in [1.165, 1.54) is 17.5 Å². The van der Waals surface area contributed by atoms with Gasteiger partial charge in [-0.15, -0.1) is 0 Å². The summed E-state index contributed by atoms with van der Waals surface area (Å²) in [5.74, 6) is 0. The maximum absolute atomic E-state index is 12.4. The minimum atomic E-state index is -0.0128. The summed E-state index contributed by atoms with van der Waals surface area (Å²) >= 11 is 0.